The summed E-state index contributed by atoms with van der Waals surface area (Å²) in [5.74, 6) is 0. The van der Waals surface area contributed by atoms with Gasteiger partial charge in [-0.1, -0.05) is 0 Å². The SMILES string of the molecule is Cc1nccnc1S.[Na]. The molecule has 1 radical (unpaired) electrons. The molecule has 0 unspecified atom stereocenters. The Kier molecular flexibility index (Phi) is 4.48. The van der Waals surface area contributed by atoms with Crippen LogP contribution < -0.4 is 0 Å². The first-order valence-corrected chi connectivity index (χ1v) is 2.72. The topological polar surface area (TPSA) is 25.8 Å². The maximum absolute atomic E-state index is 4.02. The third kappa shape index (κ3) is 2.67. The summed E-state index contributed by atoms with van der Waals surface area (Å²) in [5.41, 5.74) is 0.871. The van der Waals surface area contributed by atoms with Gasteiger partial charge in [0.05, 0.1) is 5.69 Å². The van der Waals surface area contributed by atoms with Crippen LogP contribution >= 0.6 is 12.6 Å². The molecule has 0 aliphatic rings. The van der Waals surface area contributed by atoms with Crippen molar-refractivity contribution in [2.45, 2.75) is 11.9 Å². The normalized spacial score (nSPS) is 8.22. The van der Waals surface area contributed by atoms with Crippen LogP contribution in [0, 0.1) is 6.92 Å². The van der Waals surface area contributed by atoms with Crippen molar-refractivity contribution in [3.05, 3.63) is 18.1 Å². The predicted molar refractivity (Wildman–Crippen MR) is 39.8 cm³/mol. The molecular weight excluding hydrogens is 143 g/mol. The fraction of sp³-hybridized carbons (Fsp3) is 0.200. The van der Waals surface area contributed by atoms with Crippen LogP contribution in [0.3, 0.4) is 0 Å². The van der Waals surface area contributed by atoms with Crippen molar-refractivity contribution in [2.75, 3.05) is 0 Å². The smallest absolute Gasteiger partial charge is 0.114 e. The second kappa shape index (κ2) is 4.28. The van der Waals surface area contributed by atoms with Gasteiger partial charge in [0.25, 0.3) is 0 Å². The molecule has 1 heterocycles. The van der Waals surface area contributed by atoms with E-state index in [0.29, 0.717) is 5.03 Å². The number of hydrogen-bond acceptors (Lipinski definition) is 3. The molecule has 2 nitrogen and oxygen atoms in total. The van der Waals surface area contributed by atoms with E-state index in [-0.39, 0.29) is 29.6 Å². The van der Waals surface area contributed by atoms with Crippen molar-refractivity contribution in [1.82, 2.24) is 9.97 Å². The van der Waals surface area contributed by atoms with Gasteiger partial charge >= 0.3 is 0 Å². The van der Waals surface area contributed by atoms with Gasteiger partial charge in [0, 0.05) is 42.0 Å². The van der Waals surface area contributed by atoms with E-state index in [9.17, 15) is 0 Å². The molecule has 43 valence electrons. The van der Waals surface area contributed by atoms with Crippen LogP contribution in [0.15, 0.2) is 17.4 Å². The van der Waals surface area contributed by atoms with Crippen LogP contribution in [0.5, 0.6) is 0 Å². The molecule has 1 aromatic rings. The minimum absolute atomic E-state index is 0. The van der Waals surface area contributed by atoms with Gasteiger partial charge in [-0.05, 0) is 6.92 Å². The van der Waals surface area contributed by atoms with Crippen molar-refractivity contribution in [1.29, 1.82) is 0 Å². The zero-order valence-electron chi connectivity index (χ0n) is 5.50. The summed E-state index contributed by atoms with van der Waals surface area (Å²) in [5, 5.41) is 0.701. The van der Waals surface area contributed by atoms with Crippen LogP contribution in [0.2, 0.25) is 0 Å². The van der Waals surface area contributed by atoms with E-state index in [1.54, 1.807) is 12.4 Å². The van der Waals surface area contributed by atoms with Gasteiger partial charge in [0.15, 0.2) is 0 Å². The maximum Gasteiger partial charge on any atom is 0.114 e. The number of hydrogen-bond donors (Lipinski definition) is 1. The summed E-state index contributed by atoms with van der Waals surface area (Å²) in [4.78, 5) is 7.82. The Bertz CT molecular complexity index is 171. The third-order valence-electron chi connectivity index (χ3n) is 0.855. The van der Waals surface area contributed by atoms with E-state index in [0.717, 1.165) is 5.69 Å². The Balaban J connectivity index is 0.000000640. The molecule has 0 bridgehead atoms. The summed E-state index contributed by atoms with van der Waals surface area (Å²) < 4.78 is 0. The molecule has 0 aliphatic heterocycles. The van der Waals surface area contributed by atoms with E-state index in [2.05, 4.69) is 22.6 Å². The molecule has 0 spiro atoms. The summed E-state index contributed by atoms with van der Waals surface area (Å²) in [6, 6.07) is 0. The van der Waals surface area contributed by atoms with Gasteiger partial charge in [-0.2, -0.15) is 0 Å². The van der Waals surface area contributed by atoms with E-state index < -0.39 is 0 Å². The molecule has 9 heavy (non-hydrogen) atoms. The van der Waals surface area contributed by atoms with E-state index >= 15 is 0 Å². The molecule has 0 fully saturated rings. The Morgan fingerprint density at radius 3 is 2.22 bits per heavy atom. The van der Waals surface area contributed by atoms with Gasteiger partial charge in [-0.3, -0.25) is 4.98 Å². The average Bonchev–Trinajstić information content (AvgIpc) is 1.77. The van der Waals surface area contributed by atoms with Crippen molar-refractivity contribution >= 4 is 42.2 Å². The summed E-state index contributed by atoms with van der Waals surface area (Å²) >= 11 is 4.02. The standard InChI is InChI=1S/C5H6N2S.Na/c1-4-5(8)7-3-2-6-4;/h2-3H,1H3,(H,7,8);. The van der Waals surface area contributed by atoms with Crippen molar-refractivity contribution in [3.8, 4) is 0 Å². The summed E-state index contributed by atoms with van der Waals surface area (Å²) in [6.45, 7) is 1.87. The van der Waals surface area contributed by atoms with Gasteiger partial charge in [-0.25, -0.2) is 4.98 Å². The number of aromatic nitrogens is 2. The maximum atomic E-state index is 4.02. The van der Waals surface area contributed by atoms with E-state index in [1.807, 2.05) is 6.92 Å². The molecule has 0 atom stereocenters. The monoisotopic (exact) mass is 149 g/mol. The van der Waals surface area contributed by atoms with Crippen LogP contribution in [0.25, 0.3) is 0 Å². The Morgan fingerprint density at radius 2 is 1.89 bits per heavy atom. The molecule has 0 aromatic carbocycles. The van der Waals surface area contributed by atoms with Gasteiger partial charge in [-0.15, -0.1) is 12.6 Å². The first-order chi connectivity index (χ1) is 3.80. The van der Waals surface area contributed by atoms with Crippen LogP contribution in [0.4, 0.5) is 0 Å². The average molecular weight is 149 g/mol. The number of aryl methyl sites for hydroxylation is 1. The Morgan fingerprint density at radius 1 is 1.33 bits per heavy atom. The summed E-state index contributed by atoms with van der Waals surface area (Å²) in [7, 11) is 0. The fourth-order valence-corrected chi connectivity index (χ4v) is 0.525. The Labute approximate surface area is 81.8 Å². The molecular formula is C5H6N2NaS. The largest absolute Gasteiger partial charge is 0.257 e. The van der Waals surface area contributed by atoms with Crippen molar-refractivity contribution in [3.63, 3.8) is 0 Å². The molecule has 0 aliphatic carbocycles. The number of rotatable bonds is 0. The molecule has 0 amide bonds. The van der Waals surface area contributed by atoms with Crippen LogP contribution in [-0.2, 0) is 0 Å². The fourth-order valence-electron chi connectivity index (χ4n) is 0.400. The molecule has 0 saturated carbocycles. The molecule has 0 N–H and O–H groups in total. The number of nitrogens with zero attached hydrogens (tertiary/aromatic N) is 2. The first-order valence-electron chi connectivity index (χ1n) is 2.27. The second-order valence-corrected chi connectivity index (χ2v) is 1.89. The summed E-state index contributed by atoms with van der Waals surface area (Å²) in [6.07, 6.45) is 3.27. The minimum Gasteiger partial charge on any atom is -0.257 e. The predicted octanol–water partition coefficient (Wildman–Crippen LogP) is 0.693. The molecule has 0 saturated heterocycles. The quantitative estimate of drug-likeness (QED) is 0.434. The van der Waals surface area contributed by atoms with E-state index in [4.69, 9.17) is 0 Å². The molecule has 4 heteroatoms. The zero-order valence-corrected chi connectivity index (χ0v) is 8.39. The second-order valence-electron chi connectivity index (χ2n) is 1.47. The van der Waals surface area contributed by atoms with Crippen LogP contribution in [-0.4, -0.2) is 39.5 Å². The third-order valence-corrected chi connectivity index (χ3v) is 1.29. The van der Waals surface area contributed by atoms with Crippen molar-refractivity contribution < 1.29 is 0 Å². The van der Waals surface area contributed by atoms with Crippen molar-refractivity contribution in [2.24, 2.45) is 0 Å². The van der Waals surface area contributed by atoms with Crippen LogP contribution in [0.1, 0.15) is 5.69 Å². The van der Waals surface area contributed by atoms with Gasteiger partial charge in [0.1, 0.15) is 5.03 Å². The van der Waals surface area contributed by atoms with Gasteiger partial charge in [0.2, 0.25) is 0 Å². The molecule has 1 rings (SSSR count). The van der Waals surface area contributed by atoms with E-state index in [1.165, 1.54) is 0 Å². The number of thiol groups is 1. The molecule has 1 aromatic heterocycles. The minimum atomic E-state index is 0. The zero-order chi connectivity index (χ0) is 5.98. The first kappa shape index (κ1) is 9.43. The van der Waals surface area contributed by atoms with Gasteiger partial charge < -0.3 is 0 Å². The Hall–Kier alpha value is 0.430.